The summed E-state index contributed by atoms with van der Waals surface area (Å²) in [5.74, 6) is 0. The molecule has 0 unspecified atom stereocenters. The van der Waals surface area contributed by atoms with Crippen LogP contribution in [0.15, 0.2) is 12.3 Å². The summed E-state index contributed by atoms with van der Waals surface area (Å²) in [6.45, 7) is 8.83. The summed E-state index contributed by atoms with van der Waals surface area (Å²) < 4.78 is 0. The minimum absolute atomic E-state index is 1.01. The molecule has 0 aromatic carbocycles. The van der Waals surface area contributed by atoms with E-state index >= 15 is 0 Å². The van der Waals surface area contributed by atoms with Gasteiger partial charge >= 0.3 is 0 Å². The molecular formula is C6H15NSi. The lowest BCUT2D eigenvalue weighted by molar-refractivity contribution is 1.25. The van der Waals surface area contributed by atoms with Gasteiger partial charge in [0.25, 0.3) is 0 Å². The monoisotopic (exact) mass is 129 g/mol. The highest BCUT2D eigenvalue weighted by atomic mass is 28.3. The summed E-state index contributed by atoms with van der Waals surface area (Å²) in [5.41, 5.74) is 0. The van der Waals surface area contributed by atoms with Crippen LogP contribution in [-0.2, 0) is 0 Å². The second-order valence-corrected chi connectivity index (χ2v) is 7.68. The molecule has 0 aliphatic carbocycles. The summed E-state index contributed by atoms with van der Waals surface area (Å²) in [6.07, 6.45) is 4.05. The van der Waals surface area contributed by atoms with Gasteiger partial charge in [0.15, 0.2) is 0 Å². The van der Waals surface area contributed by atoms with Crippen LogP contribution in [0.3, 0.4) is 0 Å². The molecule has 0 heterocycles. The molecule has 0 aliphatic rings. The van der Waals surface area contributed by atoms with Crippen molar-refractivity contribution in [3.63, 3.8) is 0 Å². The predicted octanol–water partition coefficient (Wildman–Crippen LogP) is 1.94. The first-order chi connectivity index (χ1) is 3.56. The maximum absolute atomic E-state index is 3.33. The first-order valence-corrected chi connectivity index (χ1v) is 6.45. The fraction of sp³-hybridized carbons (Fsp3) is 0.667. The Balaban J connectivity index is 3.39. The van der Waals surface area contributed by atoms with E-state index in [1.54, 1.807) is 0 Å². The number of allylic oxidation sites excluding steroid dienone is 1. The van der Waals surface area contributed by atoms with Crippen LogP contribution in [0.1, 0.15) is 6.92 Å². The summed E-state index contributed by atoms with van der Waals surface area (Å²) in [5, 5.41) is 0. The Morgan fingerprint density at radius 2 is 1.75 bits per heavy atom. The Morgan fingerprint density at radius 1 is 1.25 bits per heavy atom. The van der Waals surface area contributed by atoms with Crippen molar-refractivity contribution in [3.8, 4) is 0 Å². The Kier molecular flexibility index (Phi) is 2.83. The molecule has 0 radical (unpaired) electrons. The Hall–Kier alpha value is -0.243. The fourth-order valence-corrected chi connectivity index (χ4v) is 1.00. The van der Waals surface area contributed by atoms with Crippen LogP contribution in [0, 0.1) is 0 Å². The Morgan fingerprint density at radius 3 is 1.88 bits per heavy atom. The molecule has 0 bridgehead atoms. The summed E-state index contributed by atoms with van der Waals surface area (Å²) in [7, 11) is -1.01. The zero-order chi connectivity index (χ0) is 6.62. The van der Waals surface area contributed by atoms with Crippen LogP contribution in [0.2, 0.25) is 19.6 Å². The first kappa shape index (κ1) is 7.76. The van der Waals surface area contributed by atoms with Gasteiger partial charge < -0.3 is 4.98 Å². The molecule has 0 rings (SSSR count). The number of nitrogens with one attached hydrogen (secondary N) is 1. The molecule has 0 atom stereocenters. The first-order valence-electron chi connectivity index (χ1n) is 2.95. The molecule has 0 fully saturated rings. The van der Waals surface area contributed by atoms with E-state index in [0.29, 0.717) is 0 Å². The maximum atomic E-state index is 3.33. The lowest BCUT2D eigenvalue weighted by Crippen LogP contribution is -2.36. The van der Waals surface area contributed by atoms with Gasteiger partial charge in [-0.25, -0.2) is 0 Å². The second-order valence-electron chi connectivity index (χ2n) is 2.89. The summed E-state index contributed by atoms with van der Waals surface area (Å²) >= 11 is 0. The highest BCUT2D eigenvalue weighted by Gasteiger charge is 2.08. The lowest BCUT2D eigenvalue weighted by atomic mass is 10.7. The molecule has 0 spiro atoms. The third-order valence-electron chi connectivity index (χ3n) is 0.683. The average molecular weight is 129 g/mol. The normalized spacial score (nSPS) is 12.5. The third kappa shape index (κ3) is 5.76. The van der Waals surface area contributed by atoms with Gasteiger partial charge in [0.2, 0.25) is 0 Å². The summed E-state index contributed by atoms with van der Waals surface area (Å²) in [6, 6.07) is 0. The van der Waals surface area contributed by atoms with Crippen LogP contribution in [0.4, 0.5) is 0 Å². The standard InChI is InChI=1S/C6H15NSi/c1-5-6-7-8(2,3)4/h5-7H,1-4H3/b6-5-. The van der Waals surface area contributed by atoms with Crippen molar-refractivity contribution < 1.29 is 0 Å². The van der Waals surface area contributed by atoms with Crippen LogP contribution >= 0.6 is 0 Å². The highest BCUT2D eigenvalue weighted by molar-refractivity contribution is 6.73. The molecule has 0 amide bonds. The van der Waals surface area contributed by atoms with E-state index in [4.69, 9.17) is 0 Å². The number of rotatable bonds is 2. The van der Waals surface area contributed by atoms with E-state index in [0.717, 1.165) is 0 Å². The van der Waals surface area contributed by atoms with E-state index in [9.17, 15) is 0 Å². The molecule has 0 saturated carbocycles. The predicted molar refractivity (Wildman–Crippen MR) is 41.3 cm³/mol. The van der Waals surface area contributed by atoms with Gasteiger partial charge in [0.05, 0.1) is 0 Å². The SMILES string of the molecule is C/C=C\N[Si](C)(C)C. The zero-order valence-corrected chi connectivity index (χ0v) is 7.15. The van der Waals surface area contributed by atoms with Gasteiger partial charge in [-0.3, -0.25) is 0 Å². The van der Waals surface area contributed by atoms with Crippen LogP contribution in [-0.4, -0.2) is 8.24 Å². The average Bonchev–Trinajstić information content (AvgIpc) is 1.59. The van der Waals surface area contributed by atoms with Gasteiger partial charge in [-0.05, 0) is 13.1 Å². The maximum Gasteiger partial charge on any atom is 0.143 e. The molecular weight excluding hydrogens is 114 g/mol. The smallest absolute Gasteiger partial charge is 0.143 e. The van der Waals surface area contributed by atoms with Crippen LogP contribution in [0.5, 0.6) is 0 Å². The van der Waals surface area contributed by atoms with E-state index in [2.05, 4.69) is 24.6 Å². The van der Waals surface area contributed by atoms with Crippen molar-refractivity contribution in [2.45, 2.75) is 26.6 Å². The zero-order valence-electron chi connectivity index (χ0n) is 6.15. The van der Waals surface area contributed by atoms with Crippen molar-refractivity contribution in [2.24, 2.45) is 0 Å². The second kappa shape index (κ2) is 2.92. The molecule has 1 nitrogen and oxygen atoms in total. The van der Waals surface area contributed by atoms with Crippen molar-refractivity contribution in [2.75, 3.05) is 0 Å². The van der Waals surface area contributed by atoms with Gasteiger partial charge in [-0.2, -0.15) is 0 Å². The van der Waals surface area contributed by atoms with Gasteiger partial charge in [-0.15, -0.1) is 0 Å². The van der Waals surface area contributed by atoms with E-state index in [1.807, 2.05) is 19.2 Å². The minimum Gasteiger partial charge on any atom is -0.417 e. The Labute approximate surface area is 52.9 Å². The highest BCUT2D eigenvalue weighted by Crippen LogP contribution is 1.92. The van der Waals surface area contributed by atoms with E-state index in [1.165, 1.54) is 0 Å². The van der Waals surface area contributed by atoms with Crippen LogP contribution in [0.25, 0.3) is 0 Å². The van der Waals surface area contributed by atoms with Gasteiger partial charge in [-0.1, -0.05) is 25.7 Å². The van der Waals surface area contributed by atoms with Crippen molar-refractivity contribution >= 4 is 8.24 Å². The molecule has 0 aromatic heterocycles. The van der Waals surface area contributed by atoms with Gasteiger partial charge in [0, 0.05) is 0 Å². The van der Waals surface area contributed by atoms with Crippen molar-refractivity contribution in [1.29, 1.82) is 0 Å². The number of hydrogen-bond acceptors (Lipinski definition) is 1. The van der Waals surface area contributed by atoms with Gasteiger partial charge in [0.1, 0.15) is 8.24 Å². The fourth-order valence-electron chi connectivity index (χ4n) is 0.333. The minimum atomic E-state index is -1.01. The van der Waals surface area contributed by atoms with E-state index in [-0.39, 0.29) is 0 Å². The topological polar surface area (TPSA) is 12.0 Å². The Bertz CT molecular complexity index is 81.0. The van der Waals surface area contributed by atoms with Crippen LogP contribution < -0.4 is 4.98 Å². The van der Waals surface area contributed by atoms with Crippen molar-refractivity contribution in [3.05, 3.63) is 12.3 Å². The molecule has 8 heavy (non-hydrogen) atoms. The molecule has 0 saturated heterocycles. The summed E-state index contributed by atoms with van der Waals surface area (Å²) in [4.78, 5) is 3.33. The largest absolute Gasteiger partial charge is 0.417 e. The quantitative estimate of drug-likeness (QED) is 0.562. The third-order valence-corrected chi connectivity index (χ3v) is 1.72. The van der Waals surface area contributed by atoms with Crippen molar-refractivity contribution in [1.82, 2.24) is 4.98 Å². The molecule has 0 aliphatic heterocycles. The molecule has 48 valence electrons. The number of hydrogen-bond donors (Lipinski definition) is 1. The molecule has 2 heteroatoms. The molecule has 1 N–H and O–H groups in total. The molecule has 0 aromatic rings. The van der Waals surface area contributed by atoms with E-state index < -0.39 is 8.24 Å². The lowest BCUT2D eigenvalue weighted by Gasteiger charge is -2.14.